The first-order valence-corrected chi connectivity index (χ1v) is 8.49. The van der Waals surface area contributed by atoms with Gasteiger partial charge >= 0.3 is 6.18 Å². The minimum atomic E-state index is -4.55. The summed E-state index contributed by atoms with van der Waals surface area (Å²) in [6.45, 7) is 4.41. The van der Waals surface area contributed by atoms with E-state index in [1.54, 1.807) is 0 Å². The molecule has 0 aromatic heterocycles. The number of hydrogen-bond acceptors (Lipinski definition) is 3. The molecule has 1 unspecified atom stereocenters. The van der Waals surface area contributed by atoms with Crippen LogP contribution in [0.25, 0.3) is 0 Å². The van der Waals surface area contributed by atoms with Gasteiger partial charge in [-0.3, -0.25) is 0 Å². The lowest BCUT2D eigenvalue weighted by Gasteiger charge is -2.17. The Kier molecular flexibility index (Phi) is 6.22. The van der Waals surface area contributed by atoms with Crippen LogP contribution in [0.1, 0.15) is 32.3 Å². The molecule has 1 atom stereocenters. The van der Waals surface area contributed by atoms with E-state index >= 15 is 0 Å². The zero-order valence-electron chi connectivity index (χ0n) is 12.1. The Hall–Kier alpha value is -1.08. The van der Waals surface area contributed by atoms with Crippen molar-refractivity contribution in [2.24, 2.45) is 0 Å². The maximum absolute atomic E-state index is 12.7. The predicted octanol–water partition coefficient (Wildman–Crippen LogP) is 3.26. The van der Waals surface area contributed by atoms with Crippen molar-refractivity contribution in [2.45, 2.75) is 43.8 Å². The van der Waals surface area contributed by atoms with Crippen molar-refractivity contribution in [1.82, 2.24) is 5.32 Å². The first kappa shape index (κ1) is 18.0. The maximum atomic E-state index is 12.7. The van der Waals surface area contributed by atoms with Gasteiger partial charge in [0.15, 0.2) is 9.84 Å². The normalized spacial score (nSPS) is 14.1. The van der Waals surface area contributed by atoms with Crippen LogP contribution in [-0.4, -0.2) is 26.8 Å². The van der Waals surface area contributed by atoms with Crippen molar-refractivity contribution < 1.29 is 21.6 Å². The quantitative estimate of drug-likeness (QED) is 0.838. The summed E-state index contributed by atoms with van der Waals surface area (Å²) in [6.07, 6.45) is -3.09. The second-order valence-corrected chi connectivity index (χ2v) is 6.88. The molecule has 0 bridgehead atoms. The highest BCUT2D eigenvalue weighted by Gasteiger charge is 2.32. The number of rotatable bonds is 7. The third-order valence-corrected chi connectivity index (χ3v) is 4.88. The summed E-state index contributed by atoms with van der Waals surface area (Å²) in [4.78, 5) is -0.281. The van der Waals surface area contributed by atoms with Crippen LogP contribution >= 0.6 is 0 Å². The van der Waals surface area contributed by atoms with E-state index in [4.69, 9.17) is 0 Å². The average molecular weight is 323 g/mol. The second-order valence-electron chi connectivity index (χ2n) is 4.85. The van der Waals surface area contributed by atoms with Crippen LogP contribution in [0, 0.1) is 0 Å². The number of nitrogens with one attached hydrogen (secondary N) is 1. The molecule has 0 spiro atoms. The standard InChI is InChI=1S/C14H20F3NO2S/c1-3-6-12(18-4-2)10-21(19,20)13-8-5-7-11(9-13)14(15,16)17/h5,7-9,12,18H,3-4,6,10H2,1-2H3. The van der Waals surface area contributed by atoms with E-state index in [0.29, 0.717) is 19.0 Å². The molecule has 3 nitrogen and oxygen atoms in total. The monoisotopic (exact) mass is 323 g/mol. The fourth-order valence-corrected chi connectivity index (χ4v) is 3.71. The number of halogens is 3. The molecule has 21 heavy (non-hydrogen) atoms. The summed E-state index contributed by atoms with van der Waals surface area (Å²) in [5.41, 5.74) is -0.945. The van der Waals surface area contributed by atoms with E-state index in [2.05, 4.69) is 5.32 Å². The molecule has 0 radical (unpaired) electrons. The fourth-order valence-electron chi connectivity index (χ4n) is 2.11. The summed E-state index contributed by atoms with van der Waals surface area (Å²) in [6, 6.07) is 3.65. The highest BCUT2D eigenvalue weighted by Crippen LogP contribution is 2.30. The highest BCUT2D eigenvalue weighted by atomic mass is 32.2. The van der Waals surface area contributed by atoms with Crippen LogP contribution in [-0.2, 0) is 16.0 Å². The zero-order valence-corrected chi connectivity index (χ0v) is 12.9. The minimum absolute atomic E-state index is 0.198. The molecular formula is C14H20F3NO2S. The summed E-state index contributed by atoms with van der Waals surface area (Å²) in [5.74, 6) is -0.198. The van der Waals surface area contributed by atoms with Crippen LogP contribution in [0.3, 0.4) is 0 Å². The van der Waals surface area contributed by atoms with Gasteiger partial charge in [0.1, 0.15) is 0 Å². The van der Waals surface area contributed by atoms with E-state index in [1.165, 1.54) is 6.07 Å². The lowest BCUT2D eigenvalue weighted by molar-refractivity contribution is -0.137. The number of benzene rings is 1. The Morgan fingerprint density at radius 2 is 1.90 bits per heavy atom. The van der Waals surface area contributed by atoms with Crippen LogP contribution in [0.2, 0.25) is 0 Å². The van der Waals surface area contributed by atoms with Gasteiger partial charge in [0, 0.05) is 6.04 Å². The van der Waals surface area contributed by atoms with Gasteiger partial charge in [-0.25, -0.2) is 8.42 Å². The Morgan fingerprint density at radius 3 is 2.43 bits per heavy atom. The van der Waals surface area contributed by atoms with Gasteiger partial charge in [0.25, 0.3) is 0 Å². The lowest BCUT2D eigenvalue weighted by atomic mass is 10.2. The number of sulfone groups is 1. The van der Waals surface area contributed by atoms with Gasteiger partial charge in [-0.2, -0.15) is 13.2 Å². The van der Waals surface area contributed by atoms with E-state index in [0.717, 1.165) is 18.6 Å². The lowest BCUT2D eigenvalue weighted by Crippen LogP contribution is -2.35. The van der Waals surface area contributed by atoms with Crippen molar-refractivity contribution in [3.8, 4) is 0 Å². The molecule has 1 aromatic rings. The fraction of sp³-hybridized carbons (Fsp3) is 0.571. The van der Waals surface area contributed by atoms with Crippen molar-refractivity contribution in [1.29, 1.82) is 0 Å². The van der Waals surface area contributed by atoms with Gasteiger partial charge in [0.2, 0.25) is 0 Å². The molecule has 0 amide bonds. The van der Waals surface area contributed by atoms with E-state index in [9.17, 15) is 21.6 Å². The van der Waals surface area contributed by atoms with E-state index in [1.807, 2.05) is 13.8 Å². The Balaban J connectivity index is 3.02. The van der Waals surface area contributed by atoms with Crippen molar-refractivity contribution in [3.05, 3.63) is 29.8 Å². The molecule has 1 N–H and O–H groups in total. The number of alkyl halides is 3. The van der Waals surface area contributed by atoms with Crippen molar-refractivity contribution >= 4 is 9.84 Å². The van der Waals surface area contributed by atoms with Gasteiger partial charge < -0.3 is 5.32 Å². The van der Waals surface area contributed by atoms with Crippen molar-refractivity contribution in [3.63, 3.8) is 0 Å². The SMILES string of the molecule is CCCC(CS(=O)(=O)c1cccc(C(F)(F)F)c1)NCC. The molecule has 0 aliphatic carbocycles. The molecule has 0 saturated carbocycles. The predicted molar refractivity (Wildman–Crippen MR) is 75.9 cm³/mol. The largest absolute Gasteiger partial charge is 0.416 e. The Labute approximate surface area is 123 Å². The Bertz CT molecular complexity index is 550. The summed E-state index contributed by atoms with van der Waals surface area (Å²) in [7, 11) is -3.75. The molecule has 1 rings (SSSR count). The maximum Gasteiger partial charge on any atom is 0.416 e. The minimum Gasteiger partial charge on any atom is -0.313 e. The molecule has 7 heteroatoms. The summed E-state index contributed by atoms with van der Waals surface area (Å²) >= 11 is 0. The molecule has 0 aliphatic heterocycles. The van der Waals surface area contributed by atoms with Gasteiger partial charge in [0.05, 0.1) is 16.2 Å². The molecule has 0 saturated heterocycles. The van der Waals surface area contributed by atoms with Crippen molar-refractivity contribution in [2.75, 3.05) is 12.3 Å². The number of hydrogen-bond donors (Lipinski definition) is 1. The van der Waals surface area contributed by atoms with E-state index in [-0.39, 0.29) is 16.7 Å². The highest BCUT2D eigenvalue weighted by molar-refractivity contribution is 7.91. The topological polar surface area (TPSA) is 46.2 Å². The Morgan fingerprint density at radius 1 is 1.24 bits per heavy atom. The molecule has 1 aromatic carbocycles. The molecule has 0 heterocycles. The molecule has 0 fully saturated rings. The smallest absolute Gasteiger partial charge is 0.313 e. The van der Waals surface area contributed by atoms with Crippen LogP contribution in [0.15, 0.2) is 29.2 Å². The third-order valence-electron chi connectivity index (χ3n) is 3.07. The van der Waals surface area contributed by atoms with Gasteiger partial charge in [-0.15, -0.1) is 0 Å². The van der Waals surface area contributed by atoms with Crippen LogP contribution in [0.4, 0.5) is 13.2 Å². The first-order valence-electron chi connectivity index (χ1n) is 6.84. The summed E-state index contributed by atoms with van der Waals surface area (Å²) in [5, 5.41) is 3.05. The van der Waals surface area contributed by atoms with Crippen LogP contribution < -0.4 is 5.32 Å². The van der Waals surface area contributed by atoms with E-state index < -0.39 is 21.6 Å². The average Bonchev–Trinajstić information content (AvgIpc) is 2.38. The summed E-state index contributed by atoms with van der Waals surface area (Å²) < 4.78 is 62.5. The first-order chi connectivity index (χ1) is 9.70. The van der Waals surface area contributed by atoms with Crippen LogP contribution in [0.5, 0.6) is 0 Å². The molecule has 0 aliphatic rings. The second kappa shape index (κ2) is 7.26. The van der Waals surface area contributed by atoms with Gasteiger partial charge in [-0.05, 0) is 31.2 Å². The third kappa shape index (κ3) is 5.32. The van der Waals surface area contributed by atoms with Gasteiger partial charge in [-0.1, -0.05) is 26.3 Å². The molecular weight excluding hydrogens is 303 g/mol. The molecule has 120 valence electrons. The zero-order chi connectivity index (χ0) is 16.1.